The third-order valence-electron chi connectivity index (χ3n) is 3.24. The molecule has 0 aromatic heterocycles. The van der Waals surface area contributed by atoms with Crippen molar-refractivity contribution in [3.8, 4) is 0 Å². The number of benzene rings is 1. The van der Waals surface area contributed by atoms with Crippen molar-refractivity contribution in [2.24, 2.45) is 0 Å². The predicted octanol–water partition coefficient (Wildman–Crippen LogP) is 1.55. The van der Waals surface area contributed by atoms with Crippen LogP contribution in [0.15, 0.2) is 18.2 Å². The molecule has 0 amide bonds. The summed E-state index contributed by atoms with van der Waals surface area (Å²) >= 11 is 0. The number of likely N-dealkylation sites (N-methyl/N-ethyl adjacent to an activating group) is 1. The molecule has 0 radical (unpaired) electrons. The van der Waals surface area contributed by atoms with Crippen molar-refractivity contribution in [2.45, 2.75) is 20.3 Å². The first-order chi connectivity index (χ1) is 7.98. The molecular weight excluding hydrogens is 236 g/mol. The summed E-state index contributed by atoms with van der Waals surface area (Å²) in [6, 6.07) is 5.93. The van der Waals surface area contributed by atoms with Crippen LogP contribution in [0.1, 0.15) is 18.1 Å². The summed E-state index contributed by atoms with van der Waals surface area (Å²) in [7, 11) is -1.68. The zero-order valence-electron chi connectivity index (χ0n) is 10.5. The molecule has 1 heterocycles. The Bertz CT molecular complexity index is 525. The Kier molecular flexibility index (Phi) is 3.14. The average Bonchev–Trinajstić information content (AvgIpc) is 2.54. The van der Waals surface area contributed by atoms with Gasteiger partial charge in [0.05, 0.1) is 5.69 Å². The van der Waals surface area contributed by atoms with Gasteiger partial charge >= 0.3 is 10.2 Å². The van der Waals surface area contributed by atoms with E-state index in [2.05, 4.69) is 0 Å². The summed E-state index contributed by atoms with van der Waals surface area (Å²) in [6.45, 7) is 5.10. The predicted molar refractivity (Wildman–Crippen MR) is 69.5 cm³/mol. The van der Waals surface area contributed by atoms with Crippen molar-refractivity contribution in [2.75, 3.05) is 24.4 Å². The number of para-hydroxylation sites is 1. The third kappa shape index (κ3) is 1.93. The van der Waals surface area contributed by atoms with Gasteiger partial charge in [-0.2, -0.15) is 12.7 Å². The van der Waals surface area contributed by atoms with E-state index >= 15 is 0 Å². The van der Waals surface area contributed by atoms with Crippen LogP contribution in [-0.4, -0.2) is 32.9 Å². The van der Waals surface area contributed by atoms with Crippen LogP contribution in [0.3, 0.4) is 0 Å². The van der Waals surface area contributed by atoms with Crippen LogP contribution < -0.4 is 4.31 Å². The van der Waals surface area contributed by atoms with Gasteiger partial charge in [-0.1, -0.05) is 25.1 Å². The maximum Gasteiger partial charge on any atom is 0.303 e. The topological polar surface area (TPSA) is 40.6 Å². The molecule has 0 saturated carbocycles. The first-order valence-corrected chi connectivity index (χ1v) is 7.20. The minimum absolute atomic E-state index is 0.538. The van der Waals surface area contributed by atoms with E-state index < -0.39 is 10.2 Å². The first-order valence-electron chi connectivity index (χ1n) is 5.81. The van der Waals surface area contributed by atoms with E-state index in [0.717, 1.165) is 23.2 Å². The van der Waals surface area contributed by atoms with Crippen LogP contribution in [0, 0.1) is 6.92 Å². The Morgan fingerprint density at radius 2 is 2.00 bits per heavy atom. The molecule has 1 saturated heterocycles. The molecule has 5 heteroatoms. The summed E-state index contributed by atoms with van der Waals surface area (Å²) in [5.74, 6) is 0. The summed E-state index contributed by atoms with van der Waals surface area (Å²) in [5, 5.41) is 0. The highest BCUT2D eigenvalue weighted by atomic mass is 32.2. The second-order valence-corrected chi connectivity index (χ2v) is 6.30. The lowest BCUT2D eigenvalue weighted by molar-refractivity contribution is 0.511. The quantitative estimate of drug-likeness (QED) is 0.803. The second-order valence-electron chi connectivity index (χ2n) is 4.34. The van der Waals surface area contributed by atoms with Gasteiger partial charge in [-0.05, 0) is 24.5 Å². The Morgan fingerprint density at radius 3 is 2.53 bits per heavy atom. The smallest absolute Gasteiger partial charge is 0.256 e. The number of hydrogen-bond donors (Lipinski definition) is 0. The van der Waals surface area contributed by atoms with E-state index in [4.69, 9.17) is 0 Å². The highest BCUT2D eigenvalue weighted by molar-refractivity contribution is 7.90. The SMILES string of the molecule is CCc1cccc(C)c1N1CCN(C)S1(=O)=O. The molecule has 0 aliphatic carbocycles. The minimum atomic E-state index is -3.31. The fourth-order valence-corrected chi connectivity index (χ4v) is 3.67. The normalized spacial score (nSPS) is 19.8. The van der Waals surface area contributed by atoms with Crippen LogP contribution in [0.5, 0.6) is 0 Å². The van der Waals surface area contributed by atoms with Gasteiger partial charge in [-0.25, -0.2) is 0 Å². The largest absolute Gasteiger partial charge is 0.303 e. The van der Waals surface area contributed by atoms with Crippen molar-refractivity contribution in [1.29, 1.82) is 0 Å². The van der Waals surface area contributed by atoms with Gasteiger partial charge in [0.15, 0.2) is 0 Å². The zero-order valence-corrected chi connectivity index (χ0v) is 11.3. The lowest BCUT2D eigenvalue weighted by Gasteiger charge is -2.22. The molecule has 0 unspecified atom stereocenters. The molecule has 17 heavy (non-hydrogen) atoms. The molecule has 1 fully saturated rings. The van der Waals surface area contributed by atoms with Gasteiger partial charge in [0, 0.05) is 20.1 Å². The molecule has 0 N–H and O–H groups in total. The fourth-order valence-electron chi connectivity index (χ4n) is 2.22. The highest BCUT2D eigenvalue weighted by Crippen LogP contribution is 2.31. The standard InChI is InChI=1S/C12H18N2O2S/c1-4-11-7-5-6-10(2)12(11)14-9-8-13(3)17(14,15)16/h5-7H,4,8-9H2,1-3H3. The van der Waals surface area contributed by atoms with E-state index in [1.165, 1.54) is 8.61 Å². The van der Waals surface area contributed by atoms with Crippen molar-refractivity contribution in [1.82, 2.24) is 4.31 Å². The van der Waals surface area contributed by atoms with E-state index in [9.17, 15) is 8.42 Å². The second kappa shape index (κ2) is 4.31. The first kappa shape index (κ1) is 12.4. The van der Waals surface area contributed by atoms with Crippen molar-refractivity contribution < 1.29 is 8.42 Å². The van der Waals surface area contributed by atoms with Gasteiger partial charge in [-0.3, -0.25) is 4.31 Å². The molecule has 0 bridgehead atoms. The summed E-state index contributed by atoms with van der Waals surface area (Å²) < 4.78 is 27.3. The number of rotatable bonds is 2. The molecule has 1 aromatic rings. The van der Waals surface area contributed by atoms with Gasteiger partial charge in [0.1, 0.15) is 0 Å². The molecular formula is C12H18N2O2S. The summed E-state index contributed by atoms with van der Waals surface area (Å²) in [6.07, 6.45) is 0.840. The highest BCUT2D eigenvalue weighted by Gasteiger charge is 2.35. The Labute approximate surface area is 103 Å². The number of hydrogen-bond acceptors (Lipinski definition) is 2. The van der Waals surface area contributed by atoms with Crippen molar-refractivity contribution >= 4 is 15.9 Å². The van der Waals surface area contributed by atoms with Crippen LogP contribution in [-0.2, 0) is 16.6 Å². The lowest BCUT2D eigenvalue weighted by atomic mass is 10.1. The number of nitrogens with zero attached hydrogens (tertiary/aromatic N) is 2. The maximum absolute atomic E-state index is 12.2. The maximum atomic E-state index is 12.2. The average molecular weight is 254 g/mol. The number of anilines is 1. The molecule has 1 aliphatic heterocycles. The fraction of sp³-hybridized carbons (Fsp3) is 0.500. The number of aryl methyl sites for hydroxylation is 2. The molecule has 0 spiro atoms. The molecule has 2 rings (SSSR count). The van der Waals surface area contributed by atoms with Crippen LogP contribution in [0.4, 0.5) is 5.69 Å². The minimum Gasteiger partial charge on any atom is -0.256 e. The molecule has 1 aromatic carbocycles. The van der Waals surface area contributed by atoms with Gasteiger partial charge in [0.2, 0.25) is 0 Å². The lowest BCUT2D eigenvalue weighted by Crippen LogP contribution is -2.31. The Balaban J connectivity index is 2.56. The Morgan fingerprint density at radius 1 is 1.29 bits per heavy atom. The monoisotopic (exact) mass is 254 g/mol. The van der Waals surface area contributed by atoms with Crippen molar-refractivity contribution in [3.05, 3.63) is 29.3 Å². The van der Waals surface area contributed by atoms with E-state index in [1.807, 2.05) is 32.0 Å². The molecule has 0 atom stereocenters. The molecule has 4 nitrogen and oxygen atoms in total. The van der Waals surface area contributed by atoms with Crippen molar-refractivity contribution in [3.63, 3.8) is 0 Å². The molecule has 1 aliphatic rings. The third-order valence-corrected chi connectivity index (χ3v) is 5.13. The van der Waals surface area contributed by atoms with Gasteiger partial charge in [-0.15, -0.1) is 0 Å². The van der Waals surface area contributed by atoms with Gasteiger partial charge in [0.25, 0.3) is 0 Å². The van der Waals surface area contributed by atoms with Crippen LogP contribution in [0.25, 0.3) is 0 Å². The zero-order chi connectivity index (χ0) is 12.6. The molecule has 94 valence electrons. The van der Waals surface area contributed by atoms with Crippen LogP contribution in [0.2, 0.25) is 0 Å². The summed E-state index contributed by atoms with van der Waals surface area (Å²) in [4.78, 5) is 0. The van der Waals surface area contributed by atoms with E-state index in [-0.39, 0.29) is 0 Å². The van der Waals surface area contributed by atoms with E-state index in [0.29, 0.717) is 13.1 Å². The van der Waals surface area contributed by atoms with E-state index in [1.54, 1.807) is 7.05 Å². The Hall–Kier alpha value is -1.07. The van der Waals surface area contributed by atoms with Gasteiger partial charge < -0.3 is 0 Å². The summed E-state index contributed by atoms with van der Waals surface area (Å²) in [5.41, 5.74) is 2.96. The van der Waals surface area contributed by atoms with Crippen LogP contribution >= 0.6 is 0 Å².